The molecule has 0 radical (unpaired) electrons. The zero-order chi connectivity index (χ0) is 15.9. The van der Waals surface area contributed by atoms with Gasteiger partial charge in [0.05, 0.1) is 5.56 Å². The largest absolute Gasteiger partial charge is 0.368 e. The van der Waals surface area contributed by atoms with Gasteiger partial charge in [-0.25, -0.2) is 0 Å². The highest BCUT2D eigenvalue weighted by Crippen LogP contribution is 2.32. The molecule has 3 rings (SSSR count). The molecular formula is C19H23NO2. The van der Waals surface area contributed by atoms with Crippen LogP contribution in [0.15, 0.2) is 21.7 Å². The Bertz CT molecular complexity index is 773. The minimum atomic E-state index is -0.314. The summed E-state index contributed by atoms with van der Waals surface area (Å²) in [5, 5.41) is 0. The monoisotopic (exact) mass is 297 g/mol. The molecule has 0 unspecified atom stereocenters. The topological polar surface area (TPSA) is 37.4 Å². The molecule has 0 atom stereocenters. The summed E-state index contributed by atoms with van der Waals surface area (Å²) in [5.74, 6) is 0. The van der Waals surface area contributed by atoms with Gasteiger partial charge in [-0.2, -0.15) is 0 Å². The van der Waals surface area contributed by atoms with Gasteiger partial charge in [0.15, 0.2) is 0 Å². The minimum absolute atomic E-state index is 0.297. The molecule has 1 fully saturated rings. The molecule has 0 amide bonds. The number of aryl methyl sites for hydroxylation is 3. The highest BCUT2D eigenvalue weighted by Gasteiger charge is 2.28. The lowest BCUT2D eigenvalue weighted by molar-refractivity contribution is 0.726. The number of hydrogen-bond donors (Lipinski definition) is 0. The third-order valence-electron chi connectivity index (χ3n) is 4.92. The molecule has 1 aliphatic rings. The Morgan fingerprint density at radius 3 is 2.00 bits per heavy atom. The second-order valence-corrected chi connectivity index (χ2v) is 6.53. The van der Waals surface area contributed by atoms with Gasteiger partial charge in [-0.1, -0.05) is 25.0 Å². The summed E-state index contributed by atoms with van der Waals surface area (Å²) < 4.78 is 0. The maximum Gasteiger partial charge on any atom is 0.250 e. The van der Waals surface area contributed by atoms with Crippen molar-refractivity contribution in [1.82, 2.24) is 0 Å². The molecule has 0 spiro atoms. The van der Waals surface area contributed by atoms with Crippen LogP contribution >= 0.6 is 0 Å². The number of anilines is 1. The molecule has 1 heterocycles. The van der Waals surface area contributed by atoms with Gasteiger partial charge in [-0.15, -0.1) is 0 Å². The van der Waals surface area contributed by atoms with Crippen LogP contribution in [0.3, 0.4) is 0 Å². The first-order valence-electron chi connectivity index (χ1n) is 8.17. The van der Waals surface area contributed by atoms with Gasteiger partial charge in [0, 0.05) is 13.1 Å². The van der Waals surface area contributed by atoms with Gasteiger partial charge in [0.1, 0.15) is 5.69 Å². The Labute approximate surface area is 131 Å². The lowest BCUT2D eigenvalue weighted by atomic mass is 9.91. The smallest absolute Gasteiger partial charge is 0.250 e. The first kappa shape index (κ1) is 15.0. The SMILES string of the molecule is Cc1cc(C)c(-c2c(N3CCCCCC3)c(=O)c2=O)cc1C. The highest BCUT2D eigenvalue weighted by atomic mass is 16.2. The Morgan fingerprint density at radius 1 is 0.773 bits per heavy atom. The predicted molar refractivity (Wildman–Crippen MR) is 91.7 cm³/mol. The number of nitrogens with zero attached hydrogens (tertiary/aromatic N) is 1. The van der Waals surface area contributed by atoms with Gasteiger partial charge >= 0.3 is 0 Å². The van der Waals surface area contributed by atoms with Gasteiger partial charge in [-0.3, -0.25) is 9.59 Å². The zero-order valence-electron chi connectivity index (χ0n) is 13.7. The molecule has 0 N–H and O–H groups in total. The Hall–Kier alpha value is -1.90. The molecule has 2 aromatic rings. The average molecular weight is 297 g/mol. The summed E-state index contributed by atoms with van der Waals surface area (Å²) in [4.78, 5) is 26.5. The maximum atomic E-state index is 12.2. The van der Waals surface area contributed by atoms with E-state index in [0.717, 1.165) is 42.6 Å². The molecular weight excluding hydrogens is 274 g/mol. The Morgan fingerprint density at radius 2 is 1.36 bits per heavy atom. The predicted octanol–water partition coefficient (Wildman–Crippen LogP) is 3.26. The van der Waals surface area contributed by atoms with E-state index in [1.54, 1.807) is 0 Å². The van der Waals surface area contributed by atoms with E-state index in [4.69, 9.17) is 0 Å². The number of hydrogen-bond acceptors (Lipinski definition) is 3. The summed E-state index contributed by atoms with van der Waals surface area (Å²) in [5.41, 5.74) is 5.09. The van der Waals surface area contributed by atoms with Crippen LogP contribution in [0.4, 0.5) is 5.69 Å². The standard InChI is InChI=1S/C19H23NO2/c1-12-10-14(3)15(11-13(12)2)16-17(19(22)18(16)21)20-8-6-4-5-7-9-20/h10-11H,4-9H2,1-3H3. The van der Waals surface area contributed by atoms with Crippen molar-refractivity contribution < 1.29 is 0 Å². The lowest BCUT2D eigenvalue weighted by Gasteiger charge is -2.26. The van der Waals surface area contributed by atoms with E-state index >= 15 is 0 Å². The van der Waals surface area contributed by atoms with E-state index in [2.05, 4.69) is 30.9 Å². The van der Waals surface area contributed by atoms with Crippen LogP contribution < -0.4 is 15.8 Å². The second kappa shape index (κ2) is 5.71. The van der Waals surface area contributed by atoms with Crippen molar-refractivity contribution in [2.75, 3.05) is 18.0 Å². The van der Waals surface area contributed by atoms with Crippen molar-refractivity contribution in [3.05, 3.63) is 49.3 Å². The van der Waals surface area contributed by atoms with E-state index in [1.165, 1.54) is 18.4 Å². The summed E-state index contributed by atoms with van der Waals surface area (Å²) >= 11 is 0. The summed E-state index contributed by atoms with van der Waals surface area (Å²) in [6.07, 6.45) is 4.63. The lowest BCUT2D eigenvalue weighted by Crippen LogP contribution is -2.42. The van der Waals surface area contributed by atoms with Crippen molar-refractivity contribution >= 4 is 5.69 Å². The van der Waals surface area contributed by atoms with Crippen LogP contribution in [-0.4, -0.2) is 13.1 Å². The Kier molecular flexibility index (Phi) is 3.90. The van der Waals surface area contributed by atoms with Crippen molar-refractivity contribution in [3.8, 4) is 11.1 Å². The van der Waals surface area contributed by atoms with E-state index in [0.29, 0.717) is 11.3 Å². The van der Waals surface area contributed by atoms with Gasteiger partial charge in [-0.05, 0) is 55.9 Å². The molecule has 3 nitrogen and oxygen atoms in total. The molecule has 22 heavy (non-hydrogen) atoms. The fourth-order valence-corrected chi connectivity index (χ4v) is 3.46. The third-order valence-corrected chi connectivity index (χ3v) is 4.92. The number of benzene rings is 1. The van der Waals surface area contributed by atoms with Crippen LogP contribution in [0, 0.1) is 20.8 Å². The summed E-state index contributed by atoms with van der Waals surface area (Å²) in [7, 11) is 0. The van der Waals surface area contributed by atoms with Crippen molar-refractivity contribution in [1.29, 1.82) is 0 Å². The molecule has 0 bridgehead atoms. The van der Waals surface area contributed by atoms with E-state index in [9.17, 15) is 9.59 Å². The van der Waals surface area contributed by atoms with Crippen molar-refractivity contribution in [3.63, 3.8) is 0 Å². The van der Waals surface area contributed by atoms with Crippen LogP contribution in [-0.2, 0) is 0 Å². The van der Waals surface area contributed by atoms with Crippen LogP contribution in [0.25, 0.3) is 11.1 Å². The molecule has 0 saturated carbocycles. The Balaban J connectivity index is 2.09. The molecule has 3 heteroatoms. The van der Waals surface area contributed by atoms with E-state index < -0.39 is 0 Å². The van der Waals surface area contributed by atoms with Crippen molar-refractivity contribution in [2.24, 2.45) is 0 Å². The summed E-state index contributed by atoms with van der Waals surface area (Å²) in [6, 6.07) is 4.16. The molecule has 116 valence electrons. The fraction of sp³-hybridized carbons (Fsp3) is 0.474. The van der Waals surface area contributed by atoms with Gasteiger partial charge in [0.25, 0.3) is 0 Å². The van der Waals surface area contributed by atoms with E-state index in [1.807, 2.05) is 6.92 Å². The minimum Gasteiger partial charge on any atom is -0.368 e. The molecule has 0 aliphatic carbocycles. The zero-order valence-corrected chi connectivity index (χ0v) is 13.7. The van der Waals surface area contributed by atoms with Crippen LogP contribution in [0.1, 0.15) is 42.4 Å². The summed E-state index contributed by atoms with van der Waals surface area (Å²) in [6.45, 7) is 7.92. The normalized spacial score (nSPS) is 16.0. The molecule has 0 aromatic heterocycles. The third kappa shape index (κ3) is 2.39. The maximum absolute atomic E-state index is 12.2. The van der Waals surface area contributed by atoms with Gasteiger partial charge < -0.3 is 4.90 Å². The fourth-order valence-electron chi connectivity index (χ4n) is 3.46. The second-order valence-electron chi connectivity index (χ2n) is 6.53. The van der Waals surface area contributed by atoms with Crippen LogP contribution in [0.2, 0.25) is 0 Å². The first-order valence-corrected chi connectivity index (χ1v) is 8.17. The van der Waals surface area contributed by atoms with Gasteiger partial charge in [0.2, 0.25) is 10.9 Å². The molecule has 1 saturated heterocycles. The first-order chi connectivity index (χ1) is 10.5. The highest BCUT2D eigenvalue weighted by molar-refractivity contribution is 5.84. The average Bonchev–Trinajstić information content (AvgIpc) is 2.76. The van der Waals surface area contributed by atoms with Crippen molar-refractivity contribution in [2.45, 2.75) is 46.5 Å². The van der Waals surface area contributed by atoms with Crippen LogP contribution in [0.5, 0.6) is 0 Å². The molecule has 2 aromatic carbocycles. The number of rotatable bonds is 2. The molecule has 1 aliphatic heterocycles. The van der Waals surface area contributed by atoms with E-state index in [-0.39, 0.29) is 10.9 Å². The quantitative estimate of drug-likeness (QED) is 0.799.